The lowest BCUT2D eigenvalue weighted by atomic mass is 9.53. The molecule has 6 rings (SSSR count). The number of nitrogens with one attached hydrogen (secondary N) is 1. The van der Waals surface area contributed by atoms with Gasteiger partial charge in [0.25, 0.3) is 0 Å². The van der Waals surface area contributed by atoms with Crippen LogP contribution >= 0.6 is 0 Å². The van der Waals surface area contributed by atoms with Gasteiger partial charge >= 0.3 is 0 Å². The molecule has 6 heteroatoms. The Bertz CT molecular complexity index is 852. The highest BCUT2D eigenvalue weighted by Crippen LogP contribution is 2.55. The summed E-state index contributed by atoms with van der Waals surface area (Å²) < 4.78 is 33.3. The smallest absolute Gasteiger partial charge is 0.220 e. The number of benzene rings is 1. The summed E-state index contributed by atoms with van der Waals surface area (Å²) in [4.78, 5) is 16.7. The molecule has 1 aromatic carbocycles. The summed E-state index contributed by atoms with van der Waals surface area (Å²) in [5, 5.41) is 3.32. The van der Waals surface area contributed by atoms with Crippen LogP contribution in [-0.4, -0.2) is 16.4 Å². The van der Waals surface area contributed by atoms with Crippen LogP contribution in [0.4, 0.5) is 8.78 Å². The molecule has 1 heterocycles. The van der Waals surface area contributed by atoms with Gasteiger partial charge in [0.1, 0.15) is 11.6 Å². The van der Waals surface area contributed by atoms with Gasteiger partial charge in [-0.15, -0.1) is 0 Å². The lowest BCUT2D eigenvalue weighted by Crippen LogP contribution is -2.59. The number of carbonyl (C=O) groups is 1. The third-order valence-electron chi connectivity index (χ3n) is 6.77. The maximum atomic E-state index is 13.9. The molecule has 0 spiro atoms. The van der Waals surface area contributed by atoms with E-state index in [9.17, 15) is 13.6 Å². The van der Waals surface area contributed by atoms with E-state index >= 15 is 0 Å². The van der Waals surface area contributed by atoms with Gasteiger partial charge in [-0.1, -0.05) is 6.07 Å². The van der Waals surface area contributed by atoms with Crippen LogP contribution in [0.5, 0.6) is 0 Å². The van der Waals surface area contributed by atoms with Crippen LogP contribution in [0.25, 0.3) is 11.3 Å². The van der Waals surface area contributed by atoms with Gasteiger partial charge < -0.3 is 9.73 Å². The number of oxazole rings is 1. The quantitative estimate of drug-likeness (QED) is 0.815. The highest BCUT2D eigenvalue weighted by molar-refractivity contribution is 5.77. The zero-order chi connectivity index (χ0) is 19.3. The van der Waals surface area contributed by atoms with E-state index in [0.29, 0.717) is 12.3 Å². The Morgan fingerprint density at radius 1 is 1.11 bits per heavy atom. The molecule has 28 heavy (non-hydrogen) atoms. The highest BCUT2D eigenvalue weighted by atomic mass is 19.1. The Balaban J connectivity index is 1.22. The molecule has 0 unspecified atom stereocenters. The molecule has 1 aromatic heterocycles. The number of nitrogens with zero attached hydrogens (tertiary/aromatic N) is 1. The van der Waals surface area contributed by atoms with E-state index in [1.54, 1.807) is 0 Å². The molecule has 4 aliphatic carbocycles. The molecular formula is C22H24F2N2O2. The van der Waals surface area contributed by atoms with Gasteiger partial charge in [-0.3, -0.25) is 4.79 Å². The summed E-state index contributed by atoms with van der Waals surface area (Å²) in [6.45, 7) is 0. The summed E-state index contributed by atoms with van der Waals surface area (Å²) in [5.74, 6) is 1.32. The van der Waals surface area contributed by atoms with Crippen molar-refractivity contribution in [3.63, 3.8) is 0 Å². The Kier molecular flexibility index (Phi) is 4.25. The number of hydrogen-bond donors (Lipinski definition) is 1. The first-order valence-electron chi connectivity index (χ1n) is 10.2. The molecule has 2 aromatic rings. The first kappa shape index (κ1) is 17.8. The van der Waals surface area contributed by atoms with E-state index in [-0.39, 0.29) is 29.2 Å². The van der Waals surface area contributed by atoms with E-state index in [1.165, 1.54) is 43.7 Å². The number of amides is 1. The van der Waals surface area contributed by atoms with Gasteiger partial charge in [-0.2, -0.15) is 0 Å². The van der Waals surface area contributed by atoms with Crippen molar-refractivity contribution >= 4 is 5.91 Å². The van der Waals surface area contributed by atoms with Crippen molar-refractivity contribution in [2.45, 2.75) is 56.9 Å². The lowest BCUT2D eigenvalue weighted by molar-refractivity contribution is -0.126. The van der Waals surface area contributed by atoms with Gasteiger partial charge in [0.2, 0.25) is 5.91 Å². The van der Waals surface area contributed by atoms with Gasteiger partial charge in [-0.25, -0.2) is 13.8 Å². The van der Waals surface area contributed by atoms with Crippen LogP contribution in [0.2, 0.25) is 0 Å². The lowest BCUT2D eigenvalue weighted by Gasteiger charge is -2.56. The average Bonchev–Trinajstić information content (AvgIpc) is 3.07. The molecule has 0 saturated heterocycles. The molecule has 4 bridgehead atoms. The standard InChI is InChI=1S/C22H24F2N2O2/c23-16-2-1-3-17(24)21(16)18-12-25-20(28-18)5-4-19(27)26-22-9-13-6-14(10-22)8-15(7-13)11-22/h1-3,12-15H,4-11H2,(H,26,27). The van der Waals surface area contributed by atoms with Crippen molar-refractivity contribution in [1.29, 1.82) is 0 Å². The van der Waals surface area contributed by atoms with Gasteiger partial charge in [0.05, 0.1) is 11.8 Å². The molecule has 148 valence electrons. The normalized spacial score (nSPS) is 30.6. The van der Waals surface area contributed by atoms with Crippen molar-refractivity contribution < 1.29 is 18.0 Å². The highest BCUT2D eigenvalue weighted by Gasteiger charge is 2.51. The average molecular weight is 386 g/mol. The van der Waals surface area contributed by atoms with E-state index in [4.69, 9.17) is 4.42 Å². The fraction of sp³-hybridized carbons (Fsp3) is 0.545. The number of rotatable bonds is 5. The van der Waals surface area contributed by atoms with Crippen molar-refractivity contribution in [3.05, 3.63) is 41.9 Å². The number of carbonyl (C=O) groups excluding carboxylic acids is 1. The second-order valence-corrected chi connectivity index (χ2v) is 8.96. The van der Waals surface area contributed by atoms with Crippen LogP contribution in [0.1, 0.15) is 50.8 Å². The summed E-state index contributed by atoms with van der Waals surface area (Å²) in [6.07, 6.45) is 9.23. The topological polar surface area (TPSA) is 55.1 Å². The summed E-state index contributed by atoms with van der Waals surface area (Å²) in [6, 6.07) is 3.67. The third-order valence-corrected chi connectivity index (χ3v) is 6.77. The minimum absolute atomic E-state index is 0.0100. The maximum absolute atomic E-state index is 13.9. The Morgan fingerprint density at radius 2 is 1.71 bits per heavy atom. The van der Waals surface area contributed by atoms with Gasteiger partial charge in [0, 0.05) is 18.4 Å². The van der Waals surface area contributed by atoms with Crippen molar-refractivity contribution in [1.82, 2.24) is 10.3 Å². The monoisotopic (exact) mass is 386 g/mol. The molecule has 1 N–H and O–H groups in total. The largest absolute Gasteiger partial charge is 0.441 e. The molecule has 4 fully saturated rings. The minimum atomic E-state index is -0.692. The van der Waals surface area contributed by atoms with Crippen LogP contribution in [0.15, 0.2) is 28.8 Å². The molecule has 0 atom stereocenters. The molecule has 1 amide bonds. The predicted molar refractivity (Wildman–Crippen MR) is 99.2 cm³/mol. The molecule has 0 radical (unpaired) electrons. The Morgan fingerprint density at radius 3 is 2.32 bits per heavy atom. The number of halogens is 2. The van der Waals surface area contributed by atoms with E-state index < -0.39 is 11.6 Å². The van der Waals surface area contributed by atoms with E-state index in [2.05, 4.69) is 10.3 Å². The fourth-order valence-corrected chi connectivity index (χ4v) is 6.12. The van der Waals surface area contributed by atoms with Crippen LogP contribution < -0.4 is 5.32 Å². The minimum Gasteiger partial charge on any atom is -0.441 e. The Hall–Kier alpha value is -2.24. The molecule has 0 aliphatic heterocycles. The van der Waals surface area contributed by atoms with Crippen molar-refractivity contribution in [2.75, 3.05) is 0 Å². The third kappa shape index (κ3) is 3.23. The summed E-state index contributed by atoms with van der Waals surface area (Å²) in [7, 11) is 0. The number of hydrogen-bond acceptors (Lipinski definition) is 3. The van der Waals surface area contributed by atoms with Crippen LogP contribution in [-0.2, 0) is 11.2 Å². The zero-order valence-electron chi connectivity index (χ0n) is 15.7. The van der Waals surface area contributed by atoms with E-state index in [1.807, 2.05) is 0 Å². The van der Waals surface area contributed by atoms with Crippen molar-refractivity contribution in [3.8, 4) is 11.3 Å². The maximum Gasteiger partial charge on any atom is 0.220 e. The summed E-state index contributed by atoms with van der Waals surface area (Å²) >= 11 is 0. The number of aryl methyl sites for hydroxylation is 1. The first-order valence-corrected chi connectivity index (χ1v) is 10.2. The predicted octanol–water partition coefficient (Wildman–Crippen LogP) is 4.64. The molecular weight excluding hydrogens is 362 g/mol. The second-order valence-electron chi connectivity index (χ2n) is 8.96. The molecule has 4 nitrogen and oxygen atoms in total. The fourth-order valence-electron chi connectivity index (χ4n) is 6.12. The van der Waals surface area contributed by atoms with Gasteiger partial charge in [0.15, 0.2) is 11.7 Å². The SMILES string of the molecule is O=C(CCc1ncc(-c2c(F)cccc2F)o1)NC12CC3CC(CC(C3)C1)C2. The van der Waals surface area contributed by atoms with E-state index in [0.717, 1.165) is 37.0 Å². The second kappa shape index (κ2) is 6.68. The van der Waals surface area contributed by atoms with Gasteiger partial charge in [-0.05, 0) is 68.4 Å². The zero-order valence-corrected chi connectivity index (χ0v) is 15.7. The Labute approximate surface area is 162 Å². The van der Waals surface area contributed by atoms with Crippen LogP contribution in [0.3, 0.4) is 0 Å². The summed E-state index contributed by atoms with van der Waals surface area (Å²) in [5.41, 5.74) is -0.233. The van der Waals surface area contributed by atoms with Crippen LogP contribution in [0, 0.1) is 29.4 Å². The number of aromatic nitrogens is 1. The first-order chi connectivity index (χ1) is 13.5. The molecule has 4 saturated carbocycles. The molecule has 4 aliphatic rings. The van der Waals surface area contributed by atoms with Crippen molar-refractivity contribution in [2.24, 2.45) is 17.8 Å².